The minimum Gasteiger partial charge on any atom is -0.312 e. The summed E-state index contributed by atoms with van der Waals surface area (Å²) in [6, 6.07) is 10.4. The maximum atomic E-state index is 12.2. The Morgan fingerprint density at radius 2 is 2.00 bits per heavy atom. The van der Waals surface area contributed by atoms with Crippen molar-refractivity contribution in [3.63, 3.8) is 0 Å². The Balaban J connectivity index is 1.96. The largest absolute Gasteiger partial charge is 0.312 e. The number of hydrogen-bond acceptors (Lipinski definition) is 2. The average molecular weight is 266 g/mol. The summed E-state index contributed by atoms with van der Waals surface area (Å²) >= 11 is 0. The smallest absolute Gasteiger partial charge is 0.226 e. The van der Waals surface area contributed by atoms with Crippen LogP contribution in [-0.2, 0) is 11.2 Å². The number of carbonyl (C=O) groups excluding carboxylic acids is 1. The van der Waals surface area contributed by atoms with Gasteiger partial charge in [0, 0.05) is 31.0 Å². The van der Waals surface area contributed by atoms with Crippen LogP contribution in [0.15, 0.2) is 42.7 Å². The number of amides is 1. The predicted octanol–water partition coefficient (Wildman–Crippen LogP) is 3.44. The highest BCUT2D eigenvalue weighted by Gasteiger charge is 2.24. The van der Waals surface area contributed by atoms with Gasteiger partial charge >= 0.3 is 0 Å². The van der Waals surface area contributed by atoms with Crippen LogP contribution in [0, 0.1) is 0 Å². The van der Waals surface area contributed by atoms with Gasteiger partial charge in [0.15, 0.2) is 0 Å². The van der Waals surface area contributed by atoms with Crippen molar-refractivity contribution in [1.82, 2.24) is 4.98 Å². The fraction of sp³-hybridized carbons (Fsp3) is 0.294. The predicted molar refractivity (Wildman–Crippen MR) is 80.6 cm³/mol. The molecule has 1 aliphatic heterocycles. The molecule has 0 spiro atoms. The van der Waals surface area contributed by atoms with Crippen molar-refractivity contribution in [2.75, 3.05) is 11.4 Å². The number of rotatable bonds is 3. The van der Waals surface area contributed by atoms with Crippen molar-refractivity contribution in [3.8, 4) is 11.1 Å². The van der Waals surface area contributed by atoms with Gasteiger partial charge in [0.2, 0.25) is 5.91 Å². The van der Waals surface area contributed by atoms with Crippen molar-refractivity contribution in [3.05, 3.63) is 48.3 Å². The first kappa shape index (κ1) is 12.9. The Labute approximate surface area is 119 Å². The van der Waals surface area contributed by atoms with E-state index in [9.17, 15) is 4.79 Å². The second-order valence-corrected chi connectivity index (χ2v) is 5.12. The van der Waals surface area contributed by atoms with Gasteiger partial charge in [-0.1, -0.05) is 19.1 Å². The first-order valence-electron chi connectivity index (χ1n) is 7.13. The summed E-state index contributed by atoms with van der Waals surface area (Å²) < 4.78 is 0. The third-order valence-corrected chi connectivity index (χ3v) is 3.76. The lowest BCUT2D eigenvalue weighted by molar-refractivity contribution is -0.118. The van der Waals surface area contributed by atoms with Gasteiger partial charge in [-0.3, -0.25) is 9.78 Å². The maximum absolute atomic E-state index is 12.2. The number of hydrogen-bond donors (Lipinski definition) is 0. The summed E-state index contributed by atoms with van der Waals surface area (Å²) in [5.41, 5.74) is 4.63. The molecule has 1 aromatic carbocycles. The van der Waals surface area contributed by atoms with Crippen molar-refractivity contribution in [1.29, 1.82) is 0 Å². The number of carbonyl (C=O) groups is 1. The van der Waals surface area contributed by atoms with E-state index in [0.29, 0.717) is 6.42 Å². The molecule has 0 aliphatic carbocycles. The highest BCUT2D eigenvalue weighted by atomic mass is 16.2. The fourth-order valence-corrected chi connectivity index (χ4v) is 2.71. The molecule has 0 bridgehead atoms. The number of benzene rings is 1. The highest BCUT2D eigenvalue weighted by molar-refractivity contribution is 5.96. The number of aromatic nitrogens is 1. The quantitative estimate of drug-likeness (QED) is 0.852. The van der Waals surface area contributed by atoms with Gasteiger partial charge in [-0.2, -0.15) is 0 Å². The van der Waals surface area contributed by atoms with Gasteiger partial charge in [0.1, 0.15) is 0 Å². The summed E-state index contributed by atoms with van der Waals surface area (Å²) in [7, 11) is 0. The Morgan fingerprint density at radius 3 is 2.75 bits per heavy atom. The van der Waals surface area contributed by atoms with Crippen LogP contribution >= 0.6 is 0 Å². The van der Waals surface area contributed by atoms with E-state index in [2.05, 4.69) is 23.2 Å². The van der Waals surface area contributed by atoms with Crippen LogP contribution in [0.1, 0.15) is 25.3 Å². The van der Waals surface area contributed by atoms with Gasteiger partial charge in [0.05, 0.1) is 0 Å². The van der Waals surface area contributed by atoms with Crippen LogP contribution in [-0.4, -0.2) is 17.4 Å². The lowest BCUT2D eigenvalue weighted by atomic mass is 10.0. The molecule has 1 aromatic heterocycles. The Morgan fingerprint density at radius 1 is 1.20 bits per heavy atom. The zero-order valence-corrected chi connectivity index (χ0v) is 11.7. The monoisotopic (exact) mass is 266 g/mol. The molecular weight excluding hydrogens is 248 g/mol. The van der Waals surface area contributed by atoms with Gasteiger partial charge in [0.25, 0.3) is 0 Å². The molecule has 3 rings (SSSR count). The molecule has 0 saturated heterocycles. The van der Waals surface area contributed by atoms with Crippen LogP contribution in [0.4, 0.5) is 5.69 Å². The maximum Gasteiger partial charge on any atom is 0.226 e. The molecule has 2 aromatic rings. The molecule has 2 heterocycles. The molecule has 102 valence electrons. The van der Waals surface area contributed by atoms with Gasteiger partial charge in [-0.15, -0.1) is 0 Å². The summed E-state index contributed by atoms with van der Waals surface area (Å²) in [5.74, 6) is 0.234. The zero-order valence-electron chi connectivity index (χ0n) is 11.7. The van der Waals surface area contributed by atoms with Gasteiger partial charge < -0.3 is 4.90 Å². The van der Waals surface area contributed by atoms with Crippen LogP contribution in [0.25, 0.3) is 11.1 Å². The Bertz CT molecular complexity index is 622. The van der Waals surface area contributed by atoms with E-state index in [1.165, 1.54) is 5.56 Å². The fourth-order valence-electron chi connectivity index (χ4n) is 2.71. The van der Waals surface area contributed by atoms with E-state index < -0.39 is 0 Å². The van der Waals surface area contributed by atoms with Crippen LogP contribution < -0.4 is 4.90 Å². The summed E-state index contributed by atoms with van der Waals surface area (Å²) in [6.07, 6.45) is 6.07. The Hall–Kier alpha value is -2.16. The average Bonchev–Trinajstić information content (AvgIpc) is 2.91. The normalized spacial score (nSPS) is 13.3. The van der Waals surface area contributed by atoms with Crippen LogP contribution in [0.3, 0.4) is 0 Å². The van der Waals surface area contributed by atoms with Crippen molar-refractivity contribution >= 4 is 11.6 Å². The third-order valence-electron chi connectivity index (χ3n) is 3.76. The van der Waals surface area contributed by atoms with E-state index >= 15 is 0 Å². The highest BCUT2D eigenvalue weighted by Crippen LogP contribution is 2.33. The molecule has 0 fully saturated rings. The number of fused-ring (bicyclic) bond motifs is 1. The molecule has 0 radical (unpaired) electrons. The first-order chi connectivity index (χ1) is 9.79. The third kappa shape index (κ3) is 2.31. The molecule has 0 atom stereocenters. The second-order valence-electron chi connectivity index (χ2n) is 5.12. The van der Waals surface area contributed by atoms with E-state index in [-0.39, 0.29) is 5.91 Å². The van der Waals surface area contributed by atoms with E-state index in [0.717, 1.165) is 36.2 Å². The van der Waals surface area contributed by atoms with Gasteiger partial charge in [-0.05, 0) is 47.7 Å². The molecule has 0 unspecified atom stereocenters. The summed E-state index contributed by atoms with van der Waals surface area (Å²) in [6.45, 7) is 2.86. The topological polar surface area (TPSA) is 33.2 Å². The van der Waals surface area contributed by atoms with E-state index in [1.807, 2.05) is 24.0 Å². The lowest BCUT2D eigenvalue weighted by Crippen LogP contribution is -2.28. The SMILES string of the molecule is CCCC(=O)N1CCc2ccc(-c3ccncc3)cc21. The standard InChI is InChI=1S/C17H18N2O/c1-2-3-17(20)19-11-8-14-4-5-15(12-16(14)19)13-6-9-18-10-7-13/h4-7,9-10,12H,2-3,8,11H2,1H3. The molecule has 0 N–H and O–H groups in total. The van der Waals surface area contributed by atoms with Crippen molar-refractivity contribution < 1.29 is 4.79 Å². The number of anilines is 1. The molecule has 20 heavy (non-hydrogen) atoms. The van der Waals surface area contributed by atoms with Gasteiger partial charge in [-0.25, -0.2) is 0 Å². The molecule has 0 saturated carbocycles. The van der Waals surface area contributed by atoms with Crippen LogP contribution in [0.2, 0.25) is 0 Å². The lowest BCUT2D eigenvalue weighted by Gasteiger charge is -2.17. The summed E-state index contributed by atoms with van der Waals surface area (Å²) in [5, 5.41) is 0. The Kier molecular flexibility index (Phi) is 3.50. The minimum atomic E-state index is 0.234. The number of nitrogens with zero attached hydrogens (tertiary/aromatic N) is 2. The van der Waals surface area contributed by atoms with Crippen molar-refractivity contribution in [2.45, 2.75) is 26.2 Å². The van der Waals surface area contributed by atoms with Crippen LogP contribution in [0.5, 0.6) is 0 Å². The second kappa shape index (κ2) is 5.45. The molecular formula is C17H18N2O. The number of pyridine rings is 1. The zero-order chi connectivity index (χ0) is 13.9. The molecule has 3 heteroatoms. The van der Waals surface area contributed by atoms with Crippen molar-refractivity contribution in [2.24, 2.45) is 0 Å². The minimum absolute atomic E-state index is 0.234. The molecule has 1 amide bonds. The first-order valence-corrected chi connectivity index (χ1v) is 7.13. The molecule has 3 nitrogen and oxygen atoms in total. The summed E-state index contributed by atoms with van der Waals surface area (Å²) in [4.78, 5) is 18.2. The van der Waals surface area contributed by atoms with E-state index in [4.69, 9.17) is 0 Å². The molecule has 1 aliphatic rings. The van der Waals surface area contributed by atoms with E-state index in [1.54, 1.807) is 12.4 Å².